The van der Waals surface area contributed by atoms with Crippen LogP contribution in [-0.4, -0.2) is 203 Å². The Balaban J connectivity index is 1.44. The number of fused-ring (bicyclic) bond motifs is 1. The van der Waals surface area contributed by atoms with Gasteiger partial charge in [0.2, 0.25) is 6.29 Å². The second-order valence-corrected chi connectivity index (χ2v) is 11.9. The Kier molecular flexibility index (Phi) is 11.6. The van der Waals surface area contributed by atoms with E-state index in [1.165, 1.54) is 12.2 Å². The fourth-order valence-corrected chi connectivity index (χ4v) is 6.39. The molecule has 0 spiro atoms. The van der Waals surface area contributed by atoms with Gasteiger partial charge in [0.25, 0.3) is 0 Å². The van der Waals surface area contributed by atoms with Crippen molar-refractivity contribution in [3.8, 4) is 0 Å². The van der Waals surface area contributed by atoms with E-state index < -0.39 is 142 Å². The first kappa shape index (κ1) is 36.8. The van der Waals surface area contributed by atoms with E-state index in [2.05, 4.69) is 0 Å². The monoisotopic (exact) mass is 686 g/mol. The van der Waals surface area contributed by atoms with Crippen LogP contribution in [-0.2, 0) is 33.2 Å². The van der Waals surface area contributed by atoms with Crippen LogP contribution in [0, 0.1) is 5.92 Å². The fourth-order valence-electron chi connectivity index (χ4n) is 6.39. The zero-order chi connectivity index (χ0) is 34.4. The highest BCUT2D eigenvalue weighted by atomic mass is 16.8. The summed E-state index contributed by atoms with van der Waals surface area (Å²) < 4.78 is 39.8. The van der Waals surface area contributed by atoms with E-state index in [0.29, 0.717) is 0 Å². The maximum Gasteiger partial charge on any atom is 0.211 e. The van der Waals surface area contributed by atoms with Gasteiger partial charge in [-0.2, -0.15) is 0 Å². The van der Waals surface area contributed by atoms with E-state index in [1.807, 2.05) is 0 Å². The summed E-state index contributed by atoms with van der Waals surface area (Å²) in [6.45, 7) is -3.11. The third-order valence-corrected chi connectivity index (χ3v) is 9.12. The standard InChI is InChI=1S/C27H42O20/c28-4-8-3-12(32)27(1-2-41-23(13(8)27)46-25-21(40)18(37)15(34)10(6-30)43-25)47-26-22(19(38)16(35)11(7-31)44-26)45-24-20(39)17(36)14(33)9(5-29)42-24/h1-3,9-26,28-40H,4-7H2/t9-,10-,11-,12-,13+,14-,15-,16-,17+,18+,19+,20-,21-,22-,23+,24+,25+,26-,27-/m1/s1. The van der Waals surface area contributed by atoms with E-state index in [1.54, 1.807) is 0 Å². The van der Waals surface area contributed by atoms with Crippen molar-refractivity contribution in [1.82, 2.24) is 0 Å². The molecule has 19 atom stereocenters. The topological polar surface area (TPSA) is 328 Å². The van der Waals surface area contributed by atoms with Crippen LogP contribution in [0.25, 0.3) is 0 Å². The zero-order valence-electron chi connectivity index (χ0n) is 24.6. The van der Waals surface area contributed by atoms with E-state index in [4.69, 9.17) is 33.2 Å². The molecule has 0 aromatic heterocycles. The summed E-state index contributed by atoms with van der Waals surface area (Å²) in [5, 5.41) is 134. The molecule has 270 valence electrons. The van der Waals surface area contributed by atoms with Gasteiger partial charge in [-0.05, 0) is 11.6 Å². The molecule has 0 radical (unpaired) electrons. The van der Waals surface area contributed by atoms with Crippen molar-refractivity contribution in [2.45, 2.75) is 110 Å². The fraction of sp³-hybridized carbons (Fsp3) is 0.852. The van der Waals surface area contributed by atoms with Gasteiger partial charge < -0.3 is 99.5 Å². The molecule has 20 nitrogen and oxygen atoms in total. The summed E-state index contributed by atoms with van der Waals surface area (Å²) in [4.78, 5) is 0. The van der Waals surface area contributed by atoms with Crippen molar-refractivity contribution in [2.24, 2.45) is 5.92 Å². The molecule has 0 aromatic carbocycles. The molecule has 4 aliphatic heterocycles. The van der Waals surface area contributed by atoms with Gasteiger partial charge in [-0.1, -0.05) is 6.08 Å². The van der Waals surface area contributed by atoms with Gasteiger partial charge >= 0.3 is 0 Å². The van der Waals surface area contributed by atoms with E-state index in [9.17, 15) is 66.4 Å². The lowest BCUT2D eigenvalue weighted by atomic mass is 9.82. The van der Waals surface area contributed by atoms with Crippen LogP contribution in [0.1, 0.15) is 0 Å². The number of hydrogen-bond donors (Lipinski definition) is 13. The molecular weight excluding hydrogens is 644 g/mol. The van der Waals surface area contributed by atoms with Crippen molar-refractivity contribution in [1.29, 1.82) is 0 Å². The van der Waals surface area contributed by atoms with E-state index in [-0.39, 0.29) is 5.57 Å². The minimum atomic E-state index is -2.02. The van der Waals surface area contributed by atoms with Crippen LogP contribution in [0.5, 0.6) is 0 Å². The molecule has 0 unspecified atom stereocenters. The maximum absolute atomic E-state index is 11.3. The van der Waals surface area contributed by atoms with E-state index in [0.717, 1.165) is 6.26 Å². The van der Waals surface area contributed by atoms with Crippen LogP contribution in [0.15, 0.2) is 24.0 Å². The highest BCUT2D eigenvalue weighted by Crippen LogP contribution is 2.48. The molecule has 4 heterocycles. The van der Waals surface area contributed by atoms with Gasteiger partial charge in [0.15, 0.2) is 18.9 Å². The molecule has 20 heteroatoms. The van der Waals surface area contributed by atoms with Crippen LogP contribution < -0.4 is 0 Å². The highest BCUT2D eigenvalue weighted by Gasteiger charge is 2.61. The van der Waals surface area contributed by atoms with Crippen LogP contribution in [0.3, 0.4) is 0 Å². The van der Waals surface area contributed by atoms with Gasteiger partial charge in [0.1, 0.15) is 85.0 Å². The van der Waals surface area contributed by atoms with Crippen molar-refractivity contribution < 1.29 is 99.5 Å². The molecule has 3 saturated heterocycles. The lowest BCUT2D eigenvalue weighted by Gasteiger charge is -2.50. The SMILES string of the molecule is OCC1=C[C@@H](O)[C@]2(O[C@H]3O[C@H](CO)[C@@H](O)[C@H](O)[C@H]3O[C@@H]3O[C@H](CO)[C@@H](O)[C@H](O)[C@H]3O)C=CO[C@@H](O[C@@H]3O[C@H](CO)[C@@H](O)[C@H](O)[C@H]3O)[C@H]12. The summed E-state index contributed by atoms with van der Waals surface area (Å²) in [5.41, 5.74) is -1.95. The Hall–Kier alpha value is -1.48. The van der Waals surface area contributed by atoms with Gasteiger partial charge in [-0.15, -0.1) is 0 Å². The average molecular weight is 687 g/mol. The summed E-state index contributed by atoms with van der Waals surface area (Å²) in [6.07, 6.45) is -26.0. The van der Waals surface area contributed by atoms with Crippen LogP contribution in [0.2, 0.25) is 0 Å². The summed E-state index contributed by atoms with van der Waals surface area (Å²) in [5.74, 6) is -1.31. The first-order valence-corrected chi connectivity index (χ1v) is 14.9. The number of hydrogen-bond acceptors (Lipinski definition) is 20. The van der Waals surface area contributed by atoms with Crippen LogP contribution in [0.4, 0.5) is 0 Å². The Morgan fingerprint density at radius 1 is 0.574 bits per heavy atom. The predicted octanol–water partition coefficient (Wildman–Crippen LogP) is -8.04. The molecular formula is C27H42O20. The molecule has 13 N–H and O–H groups in total. The van der Waals surface area contributed by atoms with Crippen molar-refractivity contribution in [3.63, 3.8) is 0 Å². The minimum absolute atomic E-state index is 0.0675. The third kappa shape index (κ3) is 6.59. The molecule has 5 aliphatic rings. The minimum Gasteiger partial charge on any atom is -0.472 e. The zero-order valence-corrected chi connectivity index (χ0v) is 24.6. The maximum atomic E-state index is 11.3. The summed E-state index contributed by atoms with van der Waals surface area (Å²) in [6, 6.07) is 0. The second kappa shape index (κ2) is 14.8. The van der Waals surface area contributed by atoms with Crippen LogP contribution >= 0.6 is 0 Å². The Bertz CT molecular complexity index is 1110. The van der Waals surface area contributed by atoms with E-state index >= 15 is 0 Å². The summed E-state index contributed by atoms with van der Waals surface area (Å²) in [7, 11) is 0. The molecule has 0 aromatic rings. The highest BCUT2D eigenvalue weighted by molar-refractivity contribution is 5.34. The predicted molar refractivity (Wildman–Crippen MR) is 144 cm³/mol. The van der Waals surface area contributed by atoms with Gasteiger partial charge in [-0.3, -0.25) is 0 Å². The van der Waals surface area contributed by atoms with Gasteiger partial charge in [0, 0.05) is 0 Å². The number of aliphatic hydroxyl groups is 13. The molecule has 47 heavy (non-hydrogen) atoms. The molecule has 3 fully saturated rings. The summed E-state index contributed by atoms with van der Waals surface area (Å²) >= 11 is 0. The second-order valence-electron chi connectivity index (χ2n) is 11.9. The van der Waals surface area contributed by atoms with Crippen molar-refractivity contribution in [3.05, 3.63) is 24.0 Å². The molecule has 0 saturated carbocycles. The molecule has 0 bridgehead atoms. The van der Waals surface area contributed by atoms with Crippen molar-refractivity contribution in [2.75, 3.05) is 26.4 Å². The van der Waals surface area contributed by atoms with Gasteiger partial charge in [0.05, 0.1) is 38.6 Å². The van der Waals surface area contributed by atoms with Gasteiger partial charge in [-0.25, -0.2) is 0 Å². The molecule has 1 aliphatic carbocycles. The van der Waals surface area contributed by atoms with Crippen molar-refractivity contribution >= 4 is 0 Å². The lowest BCUT2D eigenvalue weighted by Crippen LogP contribution is -2.67. The smallest absolute Gasteiger partial charge is 0.211 e. The Morgan fingerprint density at radius 3 is 1.57 bits per heavy atom. The number of aliphatic hydroxyl groups excluding tert-OH is 13. The molecule has 5 rings (SSSR count). The first-order valence-electron chi connectivity index (χ1n) is 14.9. The lowest BCUT2D eigenvalue weighted by molar-refractivity contribution is -0.388. The number of rotatable bonds is 10. The quantitative estimate of drug-likeness (QED) is 0.0949. The Morgan fingerprint density at radius 2 is 1.06 bits per heavy atom. The molecule has 0 amide bonds. The average Bonchev–Trinajstić information content (AvgIpc) is 3.35. The largest absolute Gasteiger partial charge is 0.472 e. The first-order chi connectivity index (χ1) is 22.3. The number of ether oxygens (including phenoxy) is 7. The Labute approximate surface area is 266 Å². The third-order valence-electron chi connectivity index (χ3n) is 9.12. The normalized spacial score (nSPS) is 51.7.